The molecule has 0 aliphatic heterocycles. The molecule has 1 aromatic heterocycles. The molecule has 2 rings (SSSR count). The summed E-state index contributed by atoms with van der Waals surface area (Å²) >= 11 is 0. The van der Waals surface area contributed by atoms with Gasteiger partial charge in [0.1, 0.15) is 0 Å². The molecule has 0 saturated heterocycles. The lowest BCUT2D eigenvalue weighted by molar-refractivity contribution is 0.0594. The summed E-state index contributed by atoms with van der Waals surface area (Å²) in [5, 5.41) is 7.61. The first-order valence-electron chi connectivity index (χ1n) is 4.78. The largest absolute Gasteiger partial charge is 0.464 e. The predicted octanol–water partition coefficient (Wildman–Crippen LogP) is 0.865. The van der Waals surface area contributed by atoms with Crippen molar-refractivity contribution in [2.24, 2.45) is 5.92 Å². The normalized spacial score (nSPS) is 16.4. The molecule has 1 saturated carbocycles. The monoisotopic (exact) mass is 195 g/mol. The van der Waals surface area contributed by atoms with E-state index in [-0.39, 0.29) is 5.69 Å². The minimum Gasteiger partial charge on any atom is -0.464 e. The van der Waals surface area contributed by atoms with E-state index < -0.39 is 5.97 Å². The van der Waals surface area contributed by atoms with Crippen molar-refractivity contribution in [3.8, 4) is 0 Å². The summed E-state index contributed by atoms with van der Waals surface area (Å²) in [6.07, 6.45) is 5.47. The van der Waals surface area contributed by atoms with Crippen LogP contribution in [0.3, 0.4) is 0 Å². The van der Waals surface area contributed by atoms with Gasteiger partial charge in [-0.15, -0.1) is 5.10 Å². The van der Waals surface area contributed by atoms with Crippen molar-refractivity contribution in [1.29, 1.82) is 0 Å². The van der Waals surface area contributed by atoms with Crippen LogP contribution < -0.4 is 0 Å². The van der Waals surface area contributed by atoms with Gasteiger partial charge in [-0.1, -0.05) is 11.6 Å². The molecule has 14 heavy (non-hydrogen) atoms. The van der Waals surface area contributed by atoms with Crippen molar-refractivity contribution in [1.82, 2.24) is 15.0 Å². The lowest BCUT2D eigenvalue weighted by atomic mass is 9.85. The van der Waals surface area contributed by atoms with E-state index in [9.17, 15) is 4.79 Å². The van der Waals surface area contributed by atoms with Crippen molar-refractivity contribution in [3.63, 3.8) is 0 Å². The Morgan fingerprint density at radius 3 is 3.07 bits per heavy atom. The summed E-state index contributed by atoms with van der Waals surface area (Å²) in [6.45, 7) is 0.865. The molecule has 1 aliphatic rings. The average molecular weight is 195 g/mol. The Labute approximate surface area is 82.1 Å². The number of ether oxygens (including phenoxy) is 1. The van der Waals surface area contributed by atoms with Crippen molar-refractivity contribution < 1.29 is 9.53 Å². The standard InChI is InChI=1S/C9H13N3O2/c1-14-9(13)8-6-12(11-10-8)5-7-3-2-4-7/h6-7H,2-5H2,1H3. The molecule has 5 nitrogen and oxygen atoms in total. The zero-order chi connectivity index (χ0) is 9.97. The van der Waals surface area contributed by atoms with Gasteiger partial charge in [0.25, 0.3) is 0 Å². The Hall–Kier alpha value is -1.39. The van der Waals surface area contributed by atoms with E-state index in [1.807, 2.05) is 0 Å². The zero-order valence-corrected chi connectivity index (χ0v) is 8.14. The molecular weight excluding hydrogens is 182 g/mol. The van der Waals surface area contributed by atoms with E-state index in [2.05, 4.69) is 15.0 Å². The molecule has 1 heterocycles. The Kier molecular flexibility index (Phi) is 2.47. The van der Waals surface area contributed by atoms with Gasteiger partial charge in [-0.3, -0.25) is 4.68 Å². The van der Waals surface area contributed by atoms with E-state index in [1.54, 1.807) is 10.9 Å². The summed E-state index contributed by atoms with van der Waals surface area (Å²) in [5.41, 5.74) is 0.284. The highest BCUT2D eigenvalue weighted by Gasteiger charge is 2.19. The van der Waals surface area contributed by atoms with Crippen molar-refractivity contribution in [3.05, 3.63) is 11.9 Å². The van der Waals surface area contributed by atoms with E-state index in [0.29, 0.717) is 5.92 Å². The van der Waals surface area contributed by atoms with Crippen LogP contribution in [0.5, 0.6) is 0 Å². The molecule has 0 spiro atoms. The highest BCUT2D eigenvalue weighted by molar-refractivity contribution is 5.86. The molecule has 1 fully saturated rings. The number of methoxy groups -OCH3 is 1. The Balaban J connectivity index is 1.98. The van der Waals surface area contributed by atoms with E-state index >= 15 is 0 Å². The van der Waals surface area contributed by atoms with Crippen LogP contribution in [0, 0.1) is 5.92 Å². The molecule has 0 N–H and O–H groups in total. The molecule has 1 aromatic rings. The first-order valence-corrected chi connectivity index (χ1v) is 4.78. The number of hydrogen-bond donors (Lipinski definition) is 0. The second-order valence-electron chi connectivity index (χ2n) is 3.61. The van der Waals surface area contributed by atoms with Crippen LogP contribution in [0.1, 0.15) is 29.8 Å². The van der Waals surface area contributed by atoms with Gasteiger partial charge >= 0.3 is 5.97 Å². The van der Waals surface area contributed by atoms with Gasteiger partial charge in [-0.05, 0) is 18.8 Å². The summed E-state index contributed by atoms with van der Waals surface area (Å²) in [6, 6.07) is 0. The molecule has 0 aromatic carbocycles. The van der Waals surface area contributed by atoms with Crippen LogP contribution in [0.15, 0.2) is 6.20 Å². The number of rotatable bonds is 3. The number of hydrogen-bond acceptors (Lipinski definition) is 4. The smallest absolute Gasteiger partial charge is 0.360 e. The fourth-order valence-corrected chi connectivity index (χ4v) is 1.53. The summed E-state index contributed by atoms with van der Waals surface area (Å²) in [4.78, 5) is 11.1. The minimum atomic E-state index is -0.426. The summed E-state index contributed by atoms with van der Waals surface area (Å²) in [5.74, 6) is 0.284. The van der Waals surface area contributed by atoms with Crippen molar-refractivity contribution in [2.75, 3.05) is 7.11 Å². The summed E-state index contributed by atoms with van der Waals surface area (Å²) in [7, 11) is 1.34. The Morgan fingerprint density at radius 1 is 1.71 bits per heavy atom. The third kappa shape index (κ3) is 1.76. The number of nitrogens with zero attached hydrogens (tertiary/aromatic N) is 3. The molecule has 5 heteroatoms. The van der Waals surface area contributed by atoms with Crippen LogP contribution in [0.25, 0.3) is 0 Å². The Bertz CT molecular complexity index is 331. The van der Waals surface area contributed by atoms with Gasteiger partial charge in [0.15, 0.2) is 5.69 Å². The second kappa shape index (κ2) is 3.77. The molecule has 0 atom stereocenters. The van der Waals surface area contributed by atoms with Gasteiger partial charge in [-0.2, -0.15) is 0 Å². The number of carbonyl (C=O) groups excluding carboxylic acids is 1. The first kappa shape index (κ1) is 9.18. The second-order valence-corrected chi connectivity index (χ2v) is 3.61. The van der Waals surface area contributed by atoms with Gasteiger partial charge in [-0.25, -0.2) is 4.79 Å². The average Bonchev–Trinajstić information content (AvgIpc) is 2.58. The van der Waals surface area contributed by atoms with Crippen LogP contribution in [0.4, 0.5) is 0 Å². The SMILES string of the molecule is COC(=O)c1cn(CC2CCC2)nn1. The predicted molar refractivity (Wildman–Crippen MR) is 48.7 cm³/mol. The number of carbonyl (C=O) groups is 1. The Morgan fingerprint density at radius 2 is 2.50 bits per heavy atom. The van der Waals surface area contributed by atoms with Gasteiger partial charge in [0, 0.05) is 6.54 Å². The maximum absolute atomic E-state index is 11.1. The van der Waals surface area contributed by atoms with Gasteiger partial charge in [0.05, 0.1) is 13.3 Å². The van der Waals surface area contributed by atoms with Gasteiger partial charge < -0.3 is 4.74 Å². The molecular formula is C9H13N3O2. The fourth-order valence-electron chi connectivity index (χ4n) is 1.53. The third-order valence-electron chi connectivity index (χ3n) is 2.60. The highest BCUT2D eigenvalue weighted by atomic mass is 16.5. The van der Waals surface area contributed by atoms with Crippen LogP contribution in [-0.2, 0) is 11.3 Å². The van der Waals surface area contributed by atoms with Crippen molar-refractivity contribution in [2.45, 2.75) is 25.8 Å². The summed E-state index contributed by atoms with van der Waals surface area (Å²) < 4.78 is 6.26. The maximum Gasteiger partial charge on any atom is 0.360 e. The molecule has 0 unspecified atom stereocenters. The highest BCUT2D eigenvalue weighted by Crippen LogP contribution is 2.27. The van der Waals surface area contributed by atoms with Crippen LogP contribution in [0.2, 0.25) is 0 Å². The fraction of sp³-hybridized carbons (Fsp3) is 0.667. The third-order valence-corrected chi connectivity index (χ3v) is 2.60. The van der Waals surface area contributed by atoms with E-state index in [0.717, 1.165) is 6.54 Å². The number of aromatic nitrogens is 3. The molecule has 76 valence electrons. The molecule has 0 amide bonds. The number of esters is 1. The first-order chi connectivity index (χ1) is 6.79. The minimum absolute atomic E-state index is 0.284. The maximum atomic E-state index is 11.1. The van der Waals surface area contributed by atoms with Gasteiger partial charge in [0.2, 0.25) is 0 Å². The lowest BCUT2D eigenvalue weighted by Crippen LogP contribution is -2.18. The van der Waals surface area contributed by atoms with E-state index in [1.165, 1.54) is 26.4 Å². The molecule has 0 radical (unpaired) electrons. The van der Waals surface area contributed by atoms with Crippen LogP contribution in [-0.4, -0.2) is 28.1 Å². The van der Waals surface area contributed by atoms with E-state index in [4.69, 9.17) is 0 Å². The quantitative estimate of drug-likeness (QED) is 0.671. The molecule has 0 bridgehead atoms. The molecule has 1 aliphatic carbocycles. The van der Waals surface area contributed by atoms with Crippen molar-refractivity contribution >= 4 is 5.97 Å². The zero-order valence-electron chi connectivity index (χ0n) is 8.14. The lowest BCUT2D eigenvalue weighted by Gasteiger charge is -2.24. The topological polar surface area (TPSA) is 57.0 Å². The van der Waals surface area contributed by atoms with Crippen LogP contribution >= 0.6 is 0 Å².